The minimum atomic E-state index is -4.14. The Morgan fingerprint density at radius 1 is 1.21 bits per heavy atom. The molecule has 19 heavy (non-hydrogen) atoms. The fourth-order valence-corrected chi connectivity index (χ4v) is 1.81. The van der Waals surface area contributed by atoms with Gasteiger partial charge in [-0.05, 0) is 31.0 Å². The van der Waals surface area contributed by atoms with Crippen LogP contribution in [0.1, 0.15) is 30.9 Å². The number of hydrogen-bond acceptors (Lipinski definition) is 3. The minimum absolute atomic E-state index is 0.00890. The summed E-state index contributed by atoms with van der Waals surface area (Å²) in [5, 5.41) is 0. The Morgan fingerprint density at radius 2 is 1.89 bits per heavy atom. The molecule has 0 fully saturated rings. The lowest BCUT2D eigenvalue weighted by Crippen LogP contribution is -2.14. The van der Waals surface area contributed by atoms with Gasteiger partial charge in [-0.3, -0.25) is 0 Å². The van der Waals surface area contributed by atoms with Crippen LogP contribution in [-0.4, -0.2) is 20.4 Å². The highest BCUT2D eigenvalue weighted by Gasteiger charge is 2.26. The molecule has 2 N–H and O–H groups in total. The van der Waals surface area contributed by atoms with Crippen LogP contribution >= 0.6 is 0 Å². The third kappa shape index (κ3) is 4.98. The second-order valence-electron chi connectivity index (χ2n) is 4.22. The summed E-state index contributed by atoms with van der Waals surface area (Å²) in [7, 11) is 3.01. The molecule has 108 valence electrons. The SMILES string of the molecule is COc1ccc(OC)c(C(N)CCCC(F)(F)F)c1. The molecule has 0 bridgehead atoms. The fourth-order valence-electron chi connectivity index (χ4n) is 1.81. The number of ether oxygens (including phenoxy) is 2. The van der Waals surface area contributed by atoms with Gasteiger partial charge >= 0.3 is 6.18 Å². The highest BCUT2D eigenvalue weighted by Crippen LogP contribution is 2.32. The molecule has 0 aliphatic carbocycles. The molecule has 1 rings (SSSR count). The van der Waals surface area contributed by atoms with Gasteiger partial charge in [-0.1, -0.05) is 0 Å². The maximum atomic E-state index is 12.1. The van der Waals surface area contributed by atoms with Crippen molar-refractivity contribution < 1.29 is 22.6 Å². The second-order valence-corrected chi connectivity index (χ2v) is 4.22. The lowest BCUT2D eigenvalue weighted by atomic mass is 10.0. The van der Waals surface area contributed by atoms with E-state index >= 15 is 0 Å². The van der Waals surface area contributed by atoms with Gasteiger partial charge in [-0.2, -0.15) is 13.2 Å². The van der Waals surface area contributed by atoms with Gasteiger partial charge in [0.05, 0.1) is 14.2 Å². The monoisotopic (exact) mass is 277 g/mol. The van der Waals surface area contributed by atoms with Crippen LogP contribution in [-0.2, 0) is 0 Å². The Labute approximate surface area is 110 Å². The molecule has 3 nitrogen and oxygen atoms in total. The summed E-state index contributed by atoms with van der Waals surface area (Å²) in [6, 6.07) is 4.59. The van der Waals surface area contributed by atoms with Crippen molar-refractivity contribution in [2.75, 3.05) is 14.2 Å². The van der Waals surface area contributed by atoms with Gasteiger partial charge in [-0.25, -0.2) is 0 Å². The van der Waals surface area contributed by atoms with Gasteiger partial charge < -0.3 is 15.2 Å². The Hall–Kier alpha value is -1.43. The van der Waals surface area contributed by atoms with E-state index in [1.165, 1.54) is 14.2 Å². The van der Waals surface area contributed by atoms with Crippen LogP contribution < -0.4 is 15.2 Å². The zero-order valence-electron chi connectivity index (χ0n) is 11.0. The molecule has 6 heteroatoms. The van der Waals surface area contributed by atoms with Crippen LogP contribution in [0.4, 0.5) is 13.2 Å². The van der Waals surface area contributed by atoms with Crippen LogP contribution in [0.15, 0.2) is 18.2 Å². The molecular formula is C13H18F3NO2. The summed E-state index contributed by atoms with van der Waals surface area (Å²) in [4.78, 5) is 0. The number of nitrogens with two attached hydrogens (primary N) is 1. The third-order valence-corrected chi connectivity index (χ3v) is 2.81. The number of benzene rings is 1. The van der Waals surface area contributed by atoms with Crippen molar-refractivity contribution >= 4 is 0 Å². The van der Waals surface area contributed by atoms with E-state index in [-0.39, 0.29) is 12.8 Å². The standard InChI is InChI=1S/C13H18F3NO2/c1-18-9-5-6-12(19-2)10(8-9)11(17)4-3-7-13(14,15)16/h5-6,8,11H,3-4,7,17H2,1-2H3. The third-order valence-electron chi connectivity index (χ3n) is 2.81. The van der Waals surface area contributed by atoms with E-state index < -0.39 is 18.6 Å². The highest BCUT2D eigenvalue weighted by molar-refractivity contribution is 5.42. The smallest absolute Gasteiger partial charge is 0.389 e. The summed E-state index contributed by atoms with van der Waals surface area (Å²) in [6.45, 7) is 0. The number of hydrogen-bond donors (Lipinski definition) is 1. The van der Waals surface area contributed by atoms with Crippen molar-refractivity contribution in [3.05, 3.63) is 23.8 Å². The number of alkyl halides is 3. The minimum Gasteiger partial charge on any atom is -0.497 e. The summed E-state index contributed by atoms with van der Waals surface area (Å²) < 4.78 is 46.5. The molecule has 0 aliphatic heterocycles. The average Bonchev–Trinajstić information content (AvgIpc) is 2.36. The van der Waals surface area contributed by atoms with E-state index in [0.717, 1.165) is 0 Å². The van der Waals surface area contributed by atoms with Crippen molar-refractivity contribution in [1.29, 1.82) is 0 Å². The molecule has 0 radical (unpaired) electrons. The van der Waals surface area contributed by atoms with Gasteiger partial charge in [0, 0.05) is 18.0 Å². The summed E-state index contributed by atoms with van der Waals surface area (Å²) in [6.07, 6.45) is -4.74. The summed E-state index contributed by atoms with van der Waals surface area (Å²) >= 11 is 0. The first kappa shape index (κ1) is 15.6. The molecule has 0 heterocycles. The van der Waals surface area contributed by atoms with E-state index in [0.29, 0.717) is 17.1 Å². The van der Waals surface area contributed by atoms with Gasteiger partial charge in [0.15, 0.2) is 0 Å². The quantitative estimate of drug-likeness (QED) is 0.866. The van der Waals surface area contributed by atoms with Crippen LogP contribution in [0.5, 0.6) is 11.5 Å². The van der Waals surface area contributed by atoms with Crippen LogP contribution in [0.25, 0.3) is 0 Å². The topological polar surface area (TPSA) is 44.5 Å². The second kappa shape index (κ2) is 6.65. The normalized spacial score (nSPS) is 13.2. The Balaban J connectivity index is 2.72. The lowest BCUT2D eigenvalue weighted by molar-refractivity contribution is -0.135. The van der Waals surface area contributed by atoms with E-state index in [4.69, 9.17) is 15.2 Å². The number of methoxy groups -OCH3 is 2. The van der Waals surface area contributed by atoms with Crippen LogP contribution in [0.2, 0.25) is 0 Å². The van der Waals surface area contributed by atoms with E-state index in [1.807, 2.05) is 0 Å². The predicted octanol–water partition coefficient (Wildman–Crippen LogP) is 3.44. The van der Waals surface area contributed by atoms with Crippen LogP contribution in [0, 0.1) is 0 Å². The van der Waals surface area contributed by atoms with Crippen molar-refractivity contribution in [2.24, 2.45) is 5.73 Å². The first-order valence-electron chi connectivity index (χ1n) is 5.91. The van der Waals surface area contributed by atoms with Crippen LogP contribution in [0.3, 0.4) is 0 Å². The number of halogens is 3. The molecule has 0 aromatic heterocycles. The lowest BCUT2D eigenvalue weighted by Gasteiger charge is -2.17. The van der Waals surface area contributed by atoms with Gasteiger partial charge in [0.25, 0.3) is 0 Å². The molecule has 1 atom stereocenters. The molecule has 0 saturated heterocycles. The molecule has 1 unspecified atom stereocenters. The molecular weight excluding hydrogens is 259 g/mol. The fraction of sp³-hybridized carbons (Fsp3) is 0.538. The number of rotatable bonds is 6. The molecule has 0 saturated carbocycles. The maximum absolute atomic E-state index is 12.1. The Kier molecular flexibility index (Phi) is 5.47. The van der Waals surface area contributed by atoms with Crippen molar-refractivity contribution in [3.63, 3.8) is 0 Å². The predicted molar refractivity (Wildman–Crippen MR) is 66.4 cm³/mol. The summed E-state index contributed by atoms with van der Waals surface area (Å²) in [5.74, 6) is 1.15. The Morgan fingerprint density at radius 3 is 2.42 bits per heavy atom. The Bertz CT molecular complexity index is 407. The van der Waals surface area contributed by atoms with Gasteiger partial charge in [0.2, 0.25) is 0 Å². The van der Waals surface area contributed by atoms with Gasteiger partial charge in [-0.15, -0.1) is 0 Å². The van der Waals surface area contributed by atoms with E-state index in [2.05, 4.69) is 0 Å². The largest absolute Gasteiger partial charge is 0.497 e. The zero-order chi connectivity index (χ0) is 14.5. The van der Waals surface area contributed by atoms with E-state index in [1.54, 1.807) is 18.2 Å². The molecule has 0 spiro atoms. The van der Waals surface area contributed by atoms with E-state index in [9.17, 15) is 13.2 Å². The molecule has 1 aromatic carbocycles. The maximum Gasteiger partial charge on any atom is 0.389 e. The molecule has 1 aromatic rings. The zero-order valence-corrected chi connectivity index (χ0v) is 11.0. The first-order chi connectivity index (χ1) is 8.87. The summed E-state index contributed by atoms with van der Waals surface area (Å²) in [5.41, 5.74) is 6.58. The van der Waals surface area contributed by atoms with Gasteiger partial charge in [0.1, 0.15) is 11.5 Å². The van der Waals surface area contributed by atoms with Crippen molar-refractivity contribution in [1.82, 2.24) is 0 Å². The highest BCUT2D eigenvalue weighted by atomic mass is 19.4. The first-order valence-corrected chi connectivity index (χ1v) is 5.91. The average molecular weight is 277 g/mol. The van der Waals surface area contributed by atoms with Crippen molar-refractivity contribution in [2.45, 2.75) is 31.5 Å². The molecule has 0 amide bonds. The molecule has 0 aliphatic rings. The van der Waals surface area contributed by atoms with Crippen molar-refractivity contribution in [3.8, 4) is 11.5 Å².